The minimum absolute atomic E-state index is 0.509. The van der Waals surface area contributed by atoms with Crippen molar-refractivity contribution in [2.45, 2.75) is 57.4 Å². The molecule has 0 aliphatic heterocycles. The lowest BCUT2D eigenvalue weighted by Gasteiger charge is -2.32. The van der Waals surface area contributed by atoms with E-state index in [1.165, 1.54) is 51.4 Å². The first-order valence-corrected chi connectivity index (χ1v) is 6.27. The average Bonchev–Trinajstić information content (AvgIpc) is 2.23. The van der Waals surface area contributed by atoms with Crippen LogP contribution in [0.3, 0.4) is 0 Å². The molecule has 0 bridgehead atoms. The fraction of sp³-hybridized carbons (Fsp3) is 0.846. The molecule has 0 radical (unpaired) electrons. The minimum atomic E-state index is 0.509. The molecule has 0 spiro atoms. The fourth-order valence-corrected chi connectivity index (χ4v) is 3.03. The zero-order valence-corrected chi connectivity index (χ0v) is 9.12. The first kappa shape index (κ1) is 10.2. The van der Waals surface area contributed by atoms with Crippen LogP contribution >= 0.6 is 0 Å². The van der Waals surface area contributed by atoms with Crippen LogP contribution in [0.2, 0.25) is 0 Å². The zero-order valence-electron chi connectivity index (χ0n) is 9.12. The average molecular weight is 193 g/mol. The molecule has 80 valence electrons. The van der Waals surface area contributed by atoms with E-state index in [9.17, 15) is 0 Å². The van der Waals surface area contributed by atoms with Crippen LogP contribution in [-0.2, 0) is 0 Å². The second kappa shape index (κ2) is 4.97. The molecular formula is C13H23N. The molecule has 1 nitrogen and oxygen atoms in total. The van der Waals surface area contributed by atoms with Gasteiger partial charge in [-0.1, -0.05) is 25.0 Å². The van der Waals surface area contributed by atoms with Gasteiger partial charge in [0.25, 0.3) is 0 Å². The molecule has 1 fully saturated rings. The molecular weight excluding hydrogens is 170 g/mol. The van der Waals surface area contributed by atoms with Crippen molar-refractivity contribution < 1.29 is 0 Å². The largest absolute Gasteiger partial charge is 0.327 e. The van der Waals surface area contributed by atoms with Crippen LogP contribution < -0.4 is 5.73 Å². The van der Waals surface area contributed by atoms with E-state index in [0.29, 0.717) is 6.04 Å². The second-order valence-electron chi connectivity index (χ2n) is 5.09. The zero-order chi connectivity index (χ0) is 9.80. The number of hydrogen-bond donors (Lipinski definition) is 1. The first-order valence-electron chi connectivity index (χ1n) is 6.27. The van der Waals surface area contributed by atoms with Gasteiger partial charge >= 0.3 is 0 Å². The second-order valence-corrected chi connectivity index (χ2v) is 5.09. The molecule has 2 aliphatic carbocycles. The molecule has 0 aromatic rings. The standard InChI is InChI=1S/C13H23N/c14-13-9-5-4-8-12(13)10-11-6-2-1-3-7-11/h1-2,11-13H,3-10,14H2. The van der Waals surface area contributed by atoms with E-state index >= 15 is 0 Å². The van der Waals surface area contributed by atoms with Crippen molar-refractivity contribution in [1.29, 1.82) is 0 Å². The van der Waals surface area contributed by atoms with Crippen molar-refractivity contribution in [2.75, 3.05) is 0 Å². The van der Waals surface area contributed by atoms with Crippen molar-refractivity contribution in [2.24, 2.45) is 17.6 Å². The quantitative estimate of drug-likeness (QED) is 0.669. The maximum Gasteiger partial charge on any atom is 0.00672 e. The van der Waals surface area contributed by atoms with Crippen LogP contribution in [0.5, 0.6) is 0 Å². The summed E-state index contributed by atoms with van der Waals surface area (Å²) in [5, 5.41) is 0. The van der Waals surface area contributed by atoms with Crippen molar-refractivity contribution in [3.8, 4) is 0 Å². The fourth-order valence-electron chi connectivity index (χ4n) is 3.03. The minimum Gasteiger partial charge on any atom is -0.327 e. The number of allylic oxidation sites excluding steroid dienone is 2. The summed E-state index contributed by atoms with van der Waals surface area (Å²) in [6, 6.07) is 0.509. The molecule has 2 aliphatic rings. The van der Waals surface area contributed by atoms with Gasteiger partial charge < -0.3 is 5.73 Å². The molecule has 0 aromatic carbocycles. The number of rotatable bonds is 2. The van der Waals surface area contributed by atoms with Gasteiger partial charge in [-0.05, 0) is 50.4 Å². The number of hydrogen-bond acceptors (Lipinski definition) is 1. The Bertz CT molecular complexity index is 197. The monoisotopic (exact) mass is 193 g/mol. The highest BCUT2D eigenvalue weighted by atomic mass is 14.7. The lowest BCUT2D eigenvalue weighted by molar-refractivity contribution is 0.244. The predicted molar refractivity (Wildman–Crippen MR) is 61.0 cm³/mol. The Labute approximate surface area is 87.8 Å². The summed E-state index contributed by atoms with van der Waals surface area (Å²) < 4.78 is 0. The van der Waals surface area contributed by atoms with E-state index in [2.05, 4.69) is 12.2 Å². The maximum absolute atomic E-state index is 6.18. The highest BCUT2D eigenvalue weighted by Crippen LogP contribution is 2.32. The molecule has 0 heterocycles. The lowest BCUT2D eigenvalue weighted by atomic mass is 9.77. The van der Waals surface area contributed by atoms with Gasteiger partial charge in [0.2, 0.25) is 0 Å². The van der Waals surface area contributed by atoms with E-state index < -0.39 is 0 Å². The Balaban J connectivity index is 1.80. The third-order valence-corrected chi connectivity index (χ3v) is 3.98. The summed E-state index contributed by atoms with van der Waals surface area (Å²) in [5.74, 6) is 1.77. The summed E-state index contributed by atoms with van der Waals surface area (Å²) in [6.07, 6.45) is 15.5. The van der Waals surface area contributed by atoms with Crippen LogP contribution in [0.15, 0.2) is 12.2 Å². The molecule has 14 heavy (non-hydrogen) atoms. The van der Waals surface area contributed by atoms with Gasteiger partial charge in [-0.25, -0.2) is 0 Å². The molecule has 0 aromatic heterocycles. The molecule has 3 atom stereocenters. The Hall–Kier alpha value is -0.300. The number of nitrogens with two attached hydrogens (primary N) is 1. The Morgan fingerprint density at radius 1 is 1.07 bits per heavy atom. The maximum atomic E-state index is 6.18. The Morgan fingerprint density at radius 3 is 2.64 bits per heavy atom. The predicted octanol–water partition coefficient (Wildman–Crippen LogP) is 3.25. The smallest absolute Gasteiger partial charge is 0.00672 e. The van der Waals surface area contributed by atoms with Crippen molar-refractivity contribution in [3.63, 3.8) is 0 Å². The van der Waals surface area contributed by atoms with E-state index in [0.717, 1.165) is 11.8 Å². The van der Waals surface area contributed by atoms with Crippen LogP contribution in [-0.4, -0.2) is 6.04 Å². The summed E-state index contributed by atoms with van der Waals surface area (Å²) in [6.45, 7) is 0. The van der Waals surface area contributed by atoms with Crippen LogP contribution in [0.1, 0.15) is 51.4 Å². The lowest BCUT2D eigenvalue weighted by Crippen LogP contribution is -2.34. The van der Waals surface area contributed by atoms with Gasteiger partial charge in [0.1, 0.15) is 0 Å². The first-order chi connectivity index (χ1) is 6.86. The van der Waals surface area contributed by atoms with Crippen molar-refractivity contribution in [1.82, 2.24) is 0 Å². The van der Waals surface area contributed by atoms with E-state index in [-0.39, 0.29) is 0 Å². The normalized spacial score (nSPS) is 38.5. The summed E-state index contributed by atoms with van der Waals surface area (Å²) in [7, 11) is 0. The third-order valence-electron chi connectivity index (χ3n) is 3.98. The molecule has 0 saturated heterocycles. The third kappa shape index (κ3) is 2.60. The van der Waals surface area contributed by atoms with E-state index in [1.54, 1.807) is 0 Å². The molecule has 2 N–H and O–H groups in total. The van der Waals surface area contributed by atoms with Gasteiger partial charge in [0, 0.05) is 6.04 Å². The van der Waals surface area contributed by atoms with Gasteiger partial charge in [-0.15, -0.1) is 0 Å². The summed E-state index contributed by atoms with van der Waals surface area (Å²) in [4.78, 5) is 0. The molecule has 1 saturated carbocycles. The van der Waals surface area contributed by atoms with Crippen LogP contribution in [0, 0.1) is 11.8 Å². The van der Waals surface area contributed by atoms with Gasteiger partial charge in [-0.3, -0.25) is 0 Å². The summed E-state index contributed by atoms with van der Waals surface area (Å²) >= 11 is 0. The Morgan fingerprint density at radius 2 is 1.93 bits per heavy atom. The van der Waals surface area contributed by atoms with E-state index in [1.807, 2.05) is 0 Å². The highest BCUT2D eigenvalue weighted by Gasteiger charge is 2.24. The van der Waals surface area contributed by atoms with Gasteiger partial charge in [0.05, 0.1) is 0 Å². The molecule has 3 unspecified atom stereocenters. The van der Waals surface area contributed by atoms with Crippen LogP contribution in [0.25, 0.3) is 0 Å². The summed E-state index contributed by atoms with van der Waals surface area (Å²) in [5.41, 5.74) is 6.18. The van der Waals surface area contributed by atoms with Crippen LogP contribution in [0.4, 0.5) is 0 Å². The van der Waals surface area contributed by atoms with Crippen molar-refractivity contribution >= 4 is 0 Å². The molecule has 2 rings (SSSR count). The van der Waals surface area contributed by atoms with Crippen molar-refractivity contribution in [3.05, 3.63) is 12.2 Å². The SMILES string of the molecule is NC1CCCCC1CC1CC=CCC1. The molecule has 1 heteroatoms. The Kier molecular flexibility index (Phi) is 3.63. The van der Waals surface area contributed by atoms with Gasteiger partial charge in [0.15, 0.2) is 0 Å². The topological polar surface area (TPSA) is 26.0 Å². The molecule has 0 amide bonds. The van der Waals surface area contributed by atoms with Gasteiger partial charge in [-0.2, -0.15) is 0 Å². The van der Waals surface area contributed by atoms with E-state index in [4.69, 9.17) is 5.73 Å². The highest BCUT2D eigenvalue weighted by molar-refractivity contribution is 4.91.